The highest BCUT2D eigenvalue weighted by Crippen LogP contribution is 2.40. The highest BCUT2D eigenvalue weighted by atomic mass is 16.3. The molecule has 1 aliphatic carbocycles. The van der Waals surface area contributed by atoms with Gasteiger partial charge in [-0.15, -0.1) is 0 Å². The number of fused-ring (bicyclic) bond motifs is 6. The lowest BCUT2D eigenvalue weighted by Gasteiger charge is -2.19. The largest absolute Gasteiger partial charge is 0.456 e. The summed E-state index contributed by atoms with van der Waals surface area (Å²) in [6.07, 6.45) is 5.51. The van der Waals surface area contributed by atoms with Crippen molar-refractivity contribution in [3.63, 3.8) is 0 Å². The van der Waals surface area contributed by atoms with Crippen LogP contribution in [0.2, 0.25) is 0 Å². The van der Waals surface area contributed by atoms with Crippen LogP contribution in [-0.2, 0) is 13.1 Å². The Morgan fingerprint density at radius 2 is 1.72 bits per heavy atom. The third-order valence-electron chi connectivity index (χ3n) is 6.11. The van der Waals surface area contributed by atoms with Crippen LogP contribution < -0.4 is 0 Å². The Morgan fingerprint density at radius 3 is 2.62 bits per heavy atom. The fraction of sp³-hybridized carbons (Fsp3) is 0.115. The first-order valence-electron chi connectivity index (χ1n) is 9.96. The minimum Gasteiger partial charge on any atom is -0.456 e. The molecular weight excluding hydrogens is 356 g/mol. The molecule has 0 saturated carbocycles. The van der Waals surface area contributed by atoms with E-state index in [4.69, 9.17) is 4.42 Å². The Balaban J connectivity index is 1.53. The van der Waals surface area contributed by atoms with Crippen LogP contribution in [0.1, 0.15) is 22.7 Å². The molecule has 1 atom stereocenters. The first-order chi connectivity index (χ1) is 14.3. The number of aromatic nitrogens is 1. The fourth-order valence-electron chi connectivity index (χ4n) is 4.82. The van der Waals surface area contributed by atoms with Crippen molar-refractivity contribution in [1.82, 2.24) is 4.57 Å². The smallest absolute Gasteiger partial charge is 0.139 e. The first kappa shape index (κ1) is 16.4. The summed E-state index contributed by atoms with van der Waals surface area (Å²) in [7, 11) is 0. The Kier molecular flexibility index (Phi) is 3.51. The van der Waals surface area contributed by atoms with Gasteiger partial charge in [0.1, 0.15) is 17.8 Å². The monoisotopic (exact) mass is 376 g/mol. The SMILES string of the molecule is C=NCn1c2c(c3ccccc31)CC(c1cccc3c1oc1ccccc13)C=C2. The van der Waals surface area contributed by atoms with E-state index < -0.39 is 0 Å². The van der Waals surface area contributed by atoms with Gasteiger partial charge in [0.15, 0.2) is 0 Å². The van der Waals surface area contributed by atoms with Gasteiger partial charge in [-0.25, -0.2) is 0 Å². The van der Waals surface area contributed by atoms with Gasteiger partial charge in [-0.2, -0.15) is 0 Å². The van der Waals surface area contributed by atoms with Gasteiger partial charge < -0.3 is 8.98 Å². The van der Waals surface area contributed by atoms with Crippen LogP contribution in [0, 0.1) is 0 Å². The highest BCUT2D eigenvalue weighted by molar-refractivity contribution is 6.06. The Morgan fingerprint density at radius 1 is 0.931 bits per heavy atom. The fourth-order valence-corrected chi connectivity index (χ4v) is 4.82. The topological polar surface area (TPSA) is 30.4 Å². The van der Waals surface area contributed by atoms with Crippen molar-refractivity contribution < 1.29 is 4.42 Å². The summed E-state index contributed by atoms with van der Waals surface area (Å²) < 4.78 is 8.55. The third kappa shape index (κ3) is 2.34. The summed E-state index contributed by atoms with van der Waals surface area (Å²) in [5.41, 5.74) is 7.04. The second-order valence-electron chi connectivity index (χ2n) is 7.67. The second-order valence-corrected chi connectivity index (χ2v) is 7.67. The maximum absolute atomic E-state index is 6.29. The van der Waals surface area contributed by atoms with Crippen molar-refractivity contribution in [2.45, 2.75) is 19.0 Å². The van der Waals surface area contributed by atoms with E-state index in [1.165, 1.54) is 38.5 Å². The van der Waals surface area contributed by atoms with Gasteiger partial charge in [-0.3, -0.25) is 4.99 Å². The molecule has 0 radical (unpaired) electrons. The first-order valence-corrected chi connectivity index (χ1v) is 9.96. The minimum atomic E-state index is 0.280. The van der Waals surface area contributed by atoms with E-state index >= 15 is 0 Å². The number of allylic oxidation sites excluding steroid dienone is 1. The van der Waals surface area contributed by atoms with Crippen LogP contribution in [-0.4, -0.2) is 11.3 Å². The maximum Gasteiger partial charge on any atom is 0.139 e. The Hall–Kier alpha value is -3.59. The van der Waals surface area contributed by atoms with E-state index in [1.807, 2.05) is 12.1 Å². The average Bonchev–Trinajstić information content (AvgIpc) is 3.30. The minimum absolute atomic E-state index is 0.280. The Bertz CT molecular complexity index is 1430. The van der Waals surface area contributed by atoms with Crippen molar-refractivity contribution in [2.75, 3.05) is 0 Å². The summed E-state index contributed by atoms with van der Waals surface area (Å²) in [5.74, 6) is 0.280. The Labute approximate surface area is 168 Å². The van der Waals surface area contributed by atoms with Gasteiger partial charge in [0.25, 0.3) is 0 Å². The molecule has 0 fully saturated rings. The molecule has 0 saturated heterocycles. The molecular formula is C26H20N2O. The van der Waals surface area contributed by atoms with Crippen LogP contribution >= 0.6 is 0 Å². The molecule has 1 unspecified atom stereocenters. The molecule has 2 heterocycles. The predicted octanol–water partition coefficient (Wildman–Crippen LogP) is 6.55. The summed E-state index contributed by atoms with van der Waals surface area (Å²) in [5, 5.41) is 3.67. The molecule has 3 aromatic carbocycles. The zero-order valence-corrected chi connectivity index (χ0v) is 16.0. The van der Waals surface area contributed by atoms with Gasteiger partial charge in [0, 0.05) is 33.3 Å². The molecule has 0 spiro atoms. The lowest BCUT2D eigenvalue weighted by atomic mass is 9.86. The molecule has 0 bridgehead atoms. The van der Waals surface area contributed by atoms with Crippen LogP contribution in [0.25, 0.3) is 38.9 Å². The molecule has 2 aromatic heterocycles. The van der Waals surface area contributed by atoms with E-state index in [9.17, 15) is 0 Å². The number of hydrogen-bond donors (Lipinski definition) is 0. The van der Waals surface area contributed by atoms with E-state index in [0.717, 1.165) is 17.6 Å². The summed E-state index contributed by atoms with van der Waals surface area (Å²) in [6.45, 7) is 4.27. The number of benzene rings is 3. The zero-order chi connectivity index (χ0) is 19.4. The van der Waals surface area contributed by atoms with Crippen molar-refractivity contribution in [2.24, 2.45) is 4.99 Å². The molecule has 5 aromatic rings. The standard InChI is InChI=1S/C26H20N2O/c1-27-16-28-23-11-4-2-7-19(23)22-15-17(13-14-24(22)28)18-9-6-10-21-20-8-3-5-12-25(20)29-26(18)21/h2-14,17H,1,15-16H2. The van der Waals surface area contributed by atoms with Crippen LogP contribution in [0.15, 0.2) is 82.2 Å². The van der Waals surface area contributed by atoms with Crippen molar-refractivity contribution in [3.8, 4) is 0 Å². The van der Waals surface area contributed by atoms with E-state index in [2.05, 4.69) is 83.0 Å². The predicted molar refractivity (Wildman–Crippen MR) is 121 cm³/mol. The van der Waals surface area contributed by atoms with E-state index in [-0.39, 0.29) is 5.92 Å². The molecule has 0 aliphatic heterocycles. The summed E-state index contributed by atoms with van der Waals surface area (Å²) >= 11 is 0. The summed E-state index contributed by atoms with van der Waals surface area (Å²) in [4.78, 5) is 4.14. The van der Waals surface area contributed by atoms with Crippen LogP contribution in [0.4, 0.5) is 0 Å². The number of furan rings is 1. The van der Waals surface area contributed by atoms with Crippen LogP contribution in [0.5, 0.6) is 0 Å². The molecule has 3 nitrogen and oxygen atoms in total. The number of nitrogens with zero attached hydrogens (tertiary/aromatic N) is 2. The maximum atomic E-state index is 6.29. The number of rotatable bonds is 3. The lowest BCUT2D eigenvalue weighted by molar-refractivity contribution is 0.656. The average molecular weight is 376 g/mol. The second kappa shape index (κ2) is 6.21. The molecule has 1 aliphatic rings. The van der Waals surface area contributed by atoms with E-state index in [0.29, 0.717) is 6.67 Å². The van der Waals surface area contributed by atoms with Gasteiger partial charge in [-0.1, -0.05) is 60.7 Å². The zero-order valence-electron chi connectivity index (χ0n) is 16.0. The molecule has 0 amide bonds. The quantitative estimate of drug-likeness (QED) is 0.328. The van der Waals surface area contributed by atoms with Crippen molar-refractivity contribution in [3.05, 3.63) is 89.6 Å². The number of hydrogen-bond acceptors (Lipinski definition) is 2. The number of para-hydroxylation sites is 3. The third-order valence-corrected chi connectivity index (χ3v) is 6.11. The summed E-state index contributed by atoms with van der Waals surface area (Å²) in [6, 6.07) is 23.4. The molecule has 6 rings (SSSR count). The van der Waals surface area contributed by atoms with Crippen LogP contribution in [0.3, 0.4) is 0 Å². The van der Waals surface area contributed by atoms with Gasteiger partial charge in [0.2, 0.25) is 0 Å². The van der Waals surface area contributed by atoms with Gasteiger partial charge in [0.05, 0.1) is 5.52 Å². The normalized spacial score (nSPS) is 15.9. The van der Waals surface area contributed by atoms with Crippen molar-refractivity contribution in [1.29, 1.82) is 0 Å². The number of aliphatic imine (C=N–C) groups is 1. The molecule has 140 valence electrons. The van der Waals surface area contributed by atoms with E-state index in [1.54, 1.807) is 0 Å². The lowest BCUT2D eigenvalue weighted by Crippen LogP contribution is -2.07. The van der Waals surface area contributed by atoms with Gasteiger partial charge in [-0.05, 0) is 36.9 Å². The highest BCUT2D eigenvalue weighted by Gasteiger charge is 2.24. The van der Waals surface area contributed by atoms with Crippen molar-refractivity contribution >= 4 is 45.6 Å². The molecule has 29 heavy (non-hydrogen) atoms. The molecule has 0 N–H and O–H groups in total. The van der Waals surface area contributed by atoms with Gasteiger partial charge >= 0.3 is 0 Å². The molecule has 3 heteroatoms.